The molecule has 0 aliphatic rings. The van der Waals surface area contributed by atoms with Gasteiger partial charge in [0.2, 0.25) is 11.8 Å². The molecule has 168 valence electrons. The number of hydrogen-bond acceptors (Lipinski definition) is 3. The minimum absolute atomic E-state index is 0.0734. The van der Waals surface area contributed by atoms with Crippen LogP contribution in [0.2, 0.25) is 0 Å². The van der Waals surface area contributed by atoms with Crippen molar-refractivity contribution < 1.29 is 18.3 Å². The molecule has 7 heteroatoms. The Hall–Kier alpha value is -4.00. The second-order valence-corrected chi connectivity index (χ2v) is 7.65. The minimum atomic E-state index is -0.493. The van der Waals surface area contributed by atoms with E-state index in [0.717, 1.165) is 11.3 Å². The molecule has 33 heavy (non-hydrogen) atoms. The van der Waals surface area contributed by atoms with E-state index in [1.165, 1.54) is 30.3 Å². The third kappa shape index (κ3) is 5.09. The number of amides is 1. The highest BCUT2D eigenvalue weighted by atomic mass is 19.1. The number of nitrogens with zero attached hydrogens (tertiary/aromatic N) is 2. The SMILES string of the molecule is Cc1ccccc1-n1nc(C)c(CCC(=O)Nc2ccc(F)cc2)c1Oc1ccccc1F. The largest absolute Gasteiger partial charge is 0.436 e. The van der Waals surface area contributed by atoms with Crippen molar-refractivity contribution in [1.29, 1.82) is 0 Å². The number of anilines is 1. The van der Waals surface area contributed by atoms with Crippen molar-refractivity contribution in [3.63, 3.8) is 0 Å². The number of benzene rings is 3. The molecule has 1 amide bonds. The Morgan fingerprint density at radius 2 is 1.67 bits per heavy atom. The second kappa shape index (κ2) is 9.65. The minimum Gasteiger partial charge on any atom is -0.436 e. The maximum atomic E-state index is 14.4. The third-order valence-electron chi connectivity index (χ3n) is 5.25. The Morgan fingerprint density at radius 1 is 0.970 bits per heavy atom. The first kappa shape index (κ1) is 22.2. The van der Waals surface area contributed by atoms with E-state index in [0.29, 0.717) is 29.2 Å². The van der Waals surface area contributed by atoms with Crippen molar-refractivity contribution in [3.05, 3.63) is 101 Å². The Kier molecular flexibility index (Phi) is 6.49. The van der Waals surface area contributed by atoms with Crippen LogP contribution in [0.25, 0.3) is 5.69 Å². The average molecular weight is 447 g/mol. The molecular weight excluding hydrogens is 424 g/mol. The van der Waals surface area contributed by atoms with E-state index in [2.05, 4.69) is 10.4 Å². The second-order valence-electron chi connectivity index (χ2n) is 7.65. The highest BCUT2D eigenvalue weighted by Gasteiger charge is 2.21. The first-order valence-electron chi connectivity index (χ1n) is 10.5. The molecule has 5 nitrogen and oxygen atoms in total. The molecule has 4 rings (SSSR count). The Morgan fingerprint density at radius 3 is 2.39 bits per heavy atom. The van der Waals surface area contributed by atoms with E-state index in [4.69, 9.17) is 4.74 Å². The summed E-state index contributed by atoms with van der Waals surface area (Å²) in [7, 11) is 0. The summed E-state index contributed by atoms with van der Waals surface area (Å²) in [5.74, 6) is -0.665. The first-order valence-corrected chi connectivity index (χ1v) is 10.5. The van der Waals surface area contributed by atoms with E-state index in [1.54, 1.807) is 22.9 Å². The summed E-state index contributed by atoms with van der Waals surface area (Å²) in [5.41, 5.74) is 3.67. The maximum Gasteiger partial charge on any atom is 0.226 e. The molecule has 0 saturated heterocycles. The summed E-state index contributed by atoms with van der Waals surface area (Å²) >= 11 is 0. The zero-order chi connectivity index (χ0) is 23.4. The maximum absolute atomic E-state index is 14.4. The van der Waals surface area contributed by atoms with Gasteiger partial charge in [-0.1, -0.05) is 30.3 Å². The third-order valence-corrected chi connectivity index (χ3v) is 5.25. The number of nitrogens with one attached hydrogen (secondary N) is 1. The molecule has 0 saturated carbocycles. The van der Waals surface area contributed by atoms with E-state index >= 15 is 0 Å². The molecule has 0 spiro atoms. The van der Waals surface area contributed by atoms with Crippen LogP contribution in [-0.2, 0) is 11.2 Å². The summed E-state index contributed by atoms with van der Waals surface area (Å²) in [6, 6.07) is 19.4. The summed E-state index contributed by atoms with van der Waals surface area (Å²) in [6.07, 6.45) is 0.472. The molecule has 1 aromatic heterocycles. The van der Waals surface area contributed by atoms with Crippen LogP contribution in [0.5, 0.6) is 11.6 Å². The van der Waals surface area contributed by atoms with Gasteiger partial charge in [-0.2, -0.15) is 9.78 Å². The van der Waals surface area contributed by atoms with Crippen molar-refractivity contribution in [2.24, 2.45) is 0 Å². The van der Waals surface area contributed by atoms with Crippen LogP contribution in [0.15, 0.2) is 72.8 Å². The molecule has 0 bridgehead atoms. The predicted molar refractivity (Wildman–Crippen MR) is 123 cm³/mol. The van der Waals surface area contributed by atoms with Gasteiger partial charge in [-0.25, -0.2) is 8.78 Å². The molecule has 0 fully saturated rings. The van der Waals surface area contributed by atoms with Gasteiger partial charge in [-0.3, -0.25) is 4.79 Å². The topological polar surface area (TPSA) is 56.2 Å². The zero-order valence-electron chi connectivity index (χ0n) is 18.3. The molecule has 0 radical (unpaired) electrons. The standard InChI is InChI=1S/C26H23F2N3O2/c1-17-7-3-5-9-23(17)31-26(33-24-10-6-4-8-22(24)28)21(18(2)30-31)15-16-25(32)29-20-13-11-19(27)12-14-20/h3-14H,15-16H2,1-2H3,(H,29,32). The lowest BCUT2D eigenvalue weighted by Crippen LogP contribution is -2.12. The van der Waals surface area contributed by atoms with Gasteiger partial charge in [-0.15, -0.1) is 0 Å². The van der Waals surface area contributed by atoms with Crippen LogP contribution in [0.4, 0.5) is 14.5 Å². The molecule has 0 unspecified atom stereocenters. The van der Waals surface area contributed by atoms with Crippen LogP contribution in [0.1, 0.15) is 23.2 Å². The first-order chi connectivity index (χ1) is 15.9. The predicted octanol–water partition coefficient (Wildman–Crippen LogP) is 6.13. The summed E-state index contributed by atoms with van der Waals surface area (Å²) < 4.78 is 35.1. The Labute approximate surface area is 190 Å². The van der Waals surface area contributed by atoms with E-state index in [1.807, 2.05) is 38.1 Å². The highest BCUT2D eigenvalue weighted by molar-refractivity contribution is 5.90. The fraction of sp³-hybridized carbons (Fsp3) is 0.154. The van der Waals surface area contributed by atoms with Gasteiger partial charge in [0.05, 0.1) is 11.4 Å². The molecule has 1 heterocycles. The number of hydrogen-bond donors (Lipinski definition) is 1. The number of carbonyl (C=O) groups excluding carboxylic acids is 1. The van der Waals surface area contributed by atoms with Gasteiger partial charge in [0, 0.05) is 17.7 Å². The number of ether oxygens (including phenoxy) is 1. The average Bonchev–Trinajstić information content (AvgIpc) is 3.10. The number of aromatic nitrogens is 2. The molecule has 3 aromatic carbocycles. The molecule has 0 atom stereocenters. The van der Waals surface area contributed by atoms with Crippen molar-refractivity contribution in [1.82, 2.24) is 9.78 Å². The Bertz CT molecular complexity index is 1280. The van der Waals surface area contributed by atoms with Gasteiger partial charge in [0.1, 0.15) is 5.82 Å². The highest BCUT2D eigenvalue weighted by Crippen LogP contribution is 2.33. The molecule has 0 aliphatic carbocycles. The normalized spacial score (nSPS) is 10.8. The van der Waals surface area contributed by atoms with Crippen molar-refractivity contribution in [3.8, 4) is 17.3 Å². The quantitative estimate of drug-likeness (QED) is 0.371. The van der Waals surface area contributed by atoms with Gasteiger partial charge < -0.3 is 10.1 Å². The summed E-state index contributed by atoms with van der Waals surface area (Å²) in [4.78, 5) is 12.5. The fourth-order valence-electron chi connectivity index (χ4n) is 3.52. The van der Waals surface area contributed by atoms with Crippen molar-refractivity contribution in [2.75, 3.05) is 5.32 Å². The molecular formula is C26H23F2N3O2. The number of halogens is 2. The zero-order valence-corrected chi connectivity index (χ0v) is 18.3. The number of rotatable bonds is 7. The van der Waals surface area contributed by atoms with Gasteiger partial charge >= 0.3 is 0 Å². The monoisotopic (exact) mass is 447 g/mol. The lowest BCUT2D eigenvalue weighted by molar-refractivity contribution is -0.116. The van der Waals surface area contributed by atoms with Gasteiger partial charge in [0.25, 0.3) is 0 Å². The van der Waals surface area contributed by atoms with Gasteiger partial charge in [-0.05, 0) is 68.3 Å². The van der Waals surface area contributed by atoms with Crippen LogP contribution in [-0.4, -0.2) is 15.7 Å². The lowest BCUT2D eigenvalue weighted by Gasteiger charge is -2.13. The van der Waals surface area contributed by atoms with Crippen LogP contribution in [0.3, 0.4) is 0 Å². The molecule has 1 N–H and O–H groups in total. The fourth-order valence-corrected chi connectivity index (χ4v) is 3.52. The van der Waals surface area contributed by atoms with Crippen LogP contribution < -0.4 is 10.1 Å². The molecule has 4 aromatic rings. The summed E-state index contributed by atoms with van der Waals surface area (Å²) in [5, 5.41) is 7.39. The number of para-hydroxylation sites is 2. The van der Waals surface area contributed by atoms with E-state index in [-0.39, 0.29) is 23.9 Å². The lowest BCUT2D eigenvalue weighted by atomic mass is 10.1. The number of aryl methyl sites for hydroxylation is 2. The molecule has 0 aliphatic heterocycles. The van der Waals surface area contributed by atoms with E-state index in [9.17, 15) is 13.6 Å². The van der Waals surface area contributed by atoms with Crippen molar-refractivity contribution in [2.45, 2.75) is 26.7 Å². The Balaban J connectivity index is 1.64. The smallest absolute Gasteiger partial charge is 0.226 e. The van der Waals surface area contributed by atoms with Gasteiger partial charge in [0.15, 0.2) is 11.6 Å². The number of carbonyl (C=O) groups is 1. The van der Waals surface area contributed by atoms with Crippen LogP contribution >= 0.6 is 0 Å². The summed E-state index contributed by atoms with van der Waals surface area (Å²) in [6.45, 7) is 3.78. The van der Waals surface area contributed by atoms with E-state index < -0.39 is 5.82 Å². The van der Waals surface area contributed by atoms with Crippen molar-refractivity contribution >= 4 is 11.6 Å². The van der Waals surface area contributed by atoms with Crippen LogP contribution in [0, 0.1) is 25.5 Å².